The molecule has 0 amide bonds. The summed E-state index contributed by atoms with van der Waals surface area (Å²) in [5, 5.41) is 3.34. The van der Waals surface area contributed by atoms with E-state index in [1.807, 2.05) is 25.1 Å². The summed E-state index contributed by atoms with van der Waals surface area (Å²) in [7, 11) is 3.94. The number of rotatable bonds is 5. The first-order valence-corrected chi connectivity index (χ1v) is 8.79. The molecule has 2 aliphatic rings. The van der Waals surface area contributed by atoms with Crippen LogP contribution in [0.4, 0.5) is 11.6 Å². The standard InChI is InChI=1S/C17H25N7O/c1-22(2)16-7-15(19-12-20-16)18-8-13-9-24-5-4-23(10-17(24)21-13)14-3-6-25-11-14/h7,9,12,14H,3-6,8,10-11H2,1-2H3,(H,18,19,20)/t14-/m1/s1. The number of hydrogen-bond acceptors (Lipinski definition) is 7. The molecule has 4 rings (SSSR count). The van der Waals surface area contributed by atoms with Crippen molar-refractivity contribution in [2.45, 2.75) is 32.1 Å². The Balaban J connectivity index is 1.39. The summed E-state index contributed by atoms with van der Waals surface area (Å²) < 4.78 is 7.80. The van der Waals surface area contributed by atoms with E-state index in [1.165, 1.54) is 0 Å². The van der Waals surface area contributed by atoms with Gasteiger partial charge in [0.15, 0.2) is 0 Å². The van der Waals surface area contributed by atoms with Crippen LogP contribution in [0.1, 0.15) is 17.9 Å². The maximum absolute atomic E-state index is 5.52. The van der Waals surface area contributed by atoms with E-state index in [4.69, 9.17) is 9.72 Å². The average Bonchev–Trinajstić information content (AvgIpc) is 3.28. The Bertz CT molecular complexity index is 724. The Labute approximate surface area is 147 Å². The SMILES string of the molecule is CN(C)c1cc(NCc2cn3c(n2)CN([C@@H]2CCOC2)CC3)ncn1. The van der Waals surface area contributed by atoms with Crippen molar-refractivity contribution >= 4 is 11.6 Å². The molecule has 0 aliphatic carbocycles. The molecule has 134 valence electrons. The van der Waals surface area contributed by atoms with Gasteiger partial charge in [0.05, 0.1) is 25.4 Å². The molecule has 1 atom stereocenters. The minimum atomic E-state index is 0.553. The van der Waals surface area contributed by atoms with Gasteiger partial charge in [-0.15, -0.1) is 0 Å². The first-order chi connectivity index (χ1) is 12.2. The van der Waals surface area contributed by atoms with E-state index in [-0.39, 0.29) is 0 Å². The monoisotopic (exact) mass is 343 g/mol. The molecule has 0 radical (unpaired) electrons. The lowest BCUT2D eigenvalue weighted by molar-refractivity contribution is 0.121. The molecule has 0 bridgehead atoms. The fourth-order valence-corrected chi connectivity index (χ4v) is 3.41. The summed E-state index contributed by atoms with van der Waals surface area (Å²) in [5.74, 6) is 2.84. The van der Waals surface area contributed by atoms with Crippen molar-refractivity contribution in [3.63, 3.8) is 0 Å². The van der Waals surface area contributed by atoms with Crippen LogP contribution < -0.4 is 10.2 Å². The maximum Gasteiger partial charge on any atom is 0.133 e. The highest BCUT2D eigenvalue weighted by atomic mass is 16.5. The van der Waals surface area contributed by atoms with Gasteiger partial charge < -0.3 is 19.5 Å². The van der Waals surface area contributed by atoms with Crippen LogP contribution in [0.5, 0.6) is 0 Å². The molecule has 1 fully saturated rings. The van der Waals surface area contributed by atoms with E-state index in [2.05, 4.69) is 30.9 Å². The van der Waals surface area contributed by atoms with Gasteiger partial charge in [-0.2, -0.15) is 0 Å². The molecule has 2 aromatic rings. The van der Waals surface area contributed by atoms with Crippen molar-refractivity contribution in [1.29, 1.82) is 0 Å². The largest absolute Gasteiger partial charge is 0.380 e. The first-order valence-electron chi connectivity index (χ1n) is 8.79. The lowest BCUT2D eigenvalue weighted by Gasteiger charge is -2.31. The third kappa shape index (κ3) is 3.59. The van der Waals surface area contributed by atoms with Crippen LogP contribution in [0.3, 0.4) is 0 Å². The number of ether oxygens (including phenoxy) is 1. The summed E-state index contributed by atoms with van der Waals surface area (Å²) >= 11 is 0. The van der Waals surface area contributed by atoms with Gasteiger partial charge in [0.1, 0.15) is 23.8 Å². The van der Waals surface area contributed by atoms with Crippen LogP contribution in [0, 0.1) is 0 Å². The molecule has 0 spiro atoms. The van der Waals surface area contributed by atoms with E-state index < -0.39 is 0 Å². The van der Waals surface area contributed by atoms with E-state index in [0.29, 0.717) is 12.6 Å². The highest BCUT2D eigenvalue weighted by Gasteiger charge is 2.27. The van der Waals surface area contributed by atoms with E-state index in [9.17, 15) is 0 Å². The van der Waals surface area contributed by atoms with Crippen LogP contribution in [-0.2, 0) is 24.4 Å². The summed E-state index contributed by atoms with van der Waals surface area (Å²) in [6.07, 6.45) is 4.87. The van der Waals surface area contributed by atoms with Gasteiger partial charge in [-0.3, -0.25) is 4.90 Å². The maximum atomic E-state index is 5.52. The number of hydrogen-bond donors (Lipinski definition) is 1. The number of aromatic nitrogens is 4. The fraction of sp³-hybridized carbons (Fsp3) is 0.588. The lowest BCUT2D eigenvalue weighted by Crippen LogP contribution is -2.41. The molecule has 0 unspecified atom stereocenters. The van der Waals surface area contributed by atoms with Gasteiger partial charge in [0.25, 0.3) is 0 Å². The molecule has 0 aromatic carbocycles. The van der Waals surface area contributed by atoms with Gasteiger partial charge in [-0.05, 0) is 6.42 Å². The predicted molar refractivity (Wildman–Crippen MR) is 95.5 cm³/mol. The third-order valence-corrected chi connectivity index (χ3v) is 4.87. The van der Waals surface area contributed by atoms with Crippen molar-refractivity contribution in [1.82, 2.24) is 24.4 Å². The van der Waals surface area contributed by atoms with E-state index in [1.54, 1.807) is 6.33 Å². The number of imidazole rings is 1. The van der Waals surface area contributed by atoms with Gasteiger partial charge in [-0.1, -0.05) is 0 Å². The molecular weight excluding hydrogens is 318 g/mol. The Morgan fingerprint density at radius 1 is 1.32 bits per heavy atom. The van der Waals surface area contributed by atoms with Gasteiger partial charge in [-0.25, -0.2) is 15.0 Å². The zero-order valence-electron chi connectivity index (χ0n) is 14.9. The average molecular weight is 343 g/mol. The minimum Gasteiger partial charge on any atom is -0.380 e. The fourth-order valence-electron chi connectivity index (χ4n) is 3.41. The van der Waals surface area contributed by atoms with Gasteiger partial charge in [0, 0.05) is 52.1 Å². The Morgan fingerprint density at radius 2 is 2.24 bits per heavy atom. The molecule has 2 aromatic heterocycles. The second-order valence-corrected chi connectivity index (χ2v) is 6.84. The number of nitrogens with one attached hydrogen (secondary N) is 1. The van der Waals surface area contributed by atoms with Crippen molar-refractivity contribution in [2.24, 2.45) is 0 Å². The minimum absolute atomic E-state index is 0.553. The summed E-state index contributed by atoms with van der Waals surface area (Å²) in [6.45, 7) is 5.39. The molecule has 25 heavy (non-hydrogen) atoms. The van der Waals surface area contributed by atoms with Crippen LogP contribution in [-0.4, -0.2) is 64.3 Å². The summed E-state index contributed by atoms with van der Waals surface area (Å²) in [5.41, 5.74) is 1.05. The van der Waals surface area contributed by atoms with Crippen LogP contribution >= 0.6 is 0 Å². The van der Waals surface area contributed by atoms with Crippen LogP contribution in [0.2, 0.25) is 0 Å². The Morgan fingerprint density at radius 3 is 3.04 bits per heavy atom. The quantitative estimate of drug-likeness (QED) is 0.867. The lowest BCUT2D eigenvalue weighted by atomic mass is 10.2. The van der Waals surface area contributed by atoms with Gasteiger partial charge >= 0.3 is 0 Å². The molecule has 4 heterocycles. The van der Waals surface area contributed by atoms with Crippen molar-refractivity contribution < 1.29 is 4.74 Å². The predicted octanol–water partition coefficient (Wildman–Crippen LogP) is 0.956. The van der Waals surface area contributed by atoms with E-state index in [0.717, 1.165) is 62.4 Å². The zero-order chi connectivity index (χ0) is 17.2. The zero-order valence-corrected chi connectivity index (χ0v) is 14.9. The first kappa shape index (κ1) is 16.3. The van der Waals surface area contributed by atoms with Gasteiger partial charge in [0.2, 0.25) is 0 Å². The molecule has 0 saturated carbocycles. The normalized spacial score (nSPS) is 20.5. The Hall–Kier alpha value is -2.19. The number of anilines is 2. The molecular formula is C17H25N7O. The molecule has 8 nitrogen and oxygen atoms in total. The van der Waals surface area contributed by atoms with Crippen molar-refractivity contribution in [2.75, 3.05) is 44.1 Å². The van der Waals surface area contributed by atoms with Crippen LogP contribution in [0.15, 0.2) is 18.6 Å². The second-order valence-electron chi connectivity index (χ2n) is 6.84. The molecule has 2 aliphatic heterocycles. The molecule has 1 saturated heterocycles. The number of fused-ring (bicyclic) bond motifs is 1. The van der Waals surface area contributed by atoms with E-state index >= 15 is 0 Å². The summed E-state index contributed by atoms with van der Waals surface area (Å²) in [6, 6.07) is 2.50. The summed E-state index contributed by atoms with van der Waals surface area (Å²) in [4.78, 5) is 17.8. The molecule has 1 N–H and O–H groups in total. The topological polar surface area (TPSA) is 71.3 Å². The highest BCUT2D eigenvalue weighted by Crippen LogP contribution is 2.20. The molecule has 8 heteroatoms. The smallest absolute Gasteiger partial charge is 0.133 e. The van der Waals surface area contributed by atoms with Crippen molar-refractivity contribution in [3.05, 3.63) is 30.1 Å². The van der Waals surface area contributed by atoms with Crippen molar-refractivity contribution in [3.8, 4) is 0 Å². The number of nitrogens with zero attached hydrogens (tertiary/aromatic N) is 6. The van der Waals surface area contributed by atoms with Crippen LogP contribution in [0.25, 0.3) is 0 Å². The highest BCUT2D eigenvalue weighted by molar-refractivity contribution is 5.47. The third-order valence-electron chi connectivity index (χ3n) is 4.87. The second kappa shape index (κ2) is 6.97. The Kier molecular flexibility index (Phi) is 4.54.